The van der Waals surface area contributed by atoms with Crippen molar-refractivity contribution in [2.75, 3.05) is 0 Å². The number of nitrogens with zero attached hydrogens (tertiary/aromatic N) is 5. The van der Waals surface area contributed by atoms with Gasteiger partial charge in [-0.15, -0.1) is 11.3 Å². The molecule has 0 fully saturated rings. The molecule has 0 atom stereocenters. The van der Waals surface area contributed by atoms with Crippen LogP contribution in [0.3, 0.4) is 0 Å². The van der Waals surface area contributed by atoms with Crippen LogP contribution in [-0.4, -0.2) is 24.1 Å². The lowest BCUT2D eigenvalue weighted by Crippen LogP contribution is -2.01. The van der Waals surface area contributed by atoms with Crippen LogP contribution in [-0.2, 0) is 0 Å². The standard InChI is InChI=1S/C51H31N5S/c1-3-14-32(15-4-1)49-52-50(33-16-5-2-6-17-33)54-51(53-49)34-18-13-19-35(30-34)55-42-23-10-7-20-37(42)41-31-36(26-28-44(41)55)56-43-24-11-8-22-40(43)47-45(56)29-27-39-38-21-9-12-25-46(38)57-48(39)47/h1-31H. The third-order valence-electron chi connectivity index (χ3n) is 11.2. The molecular formula is C51H31N5S. The Labute approximate surface area is 331 Å². The molecule has 57 heavy (non-hydrogen) atoms. The third-order valence-corrected chi connectivity index (χ3v) is 12.4. The highest BCUT2D eigenvalue weighted by atomic mass is 32.1. The molecule has 266 valence electrons. The van der Waals surface area contributed by atoms with Crippen LogP contribution in [0.25, 0.3) is 109 Å². The quantitative estimate of drug-likeness (QED) is 0.176. The zero-order chi connectivity index (χ0) is 37.5. The molecule has 0 aliphatic heterocycles. The normalized spacial score (nSPS) is 11.9. The maximum Gasteiger partial charge on any atom is 0.164 e. The summed E-state index contributed by atoms with van der Waals surface area (Å²) in [6, 6.07) is 66.6. The molecule has 6 heteroatoms. The lowest BCUT2D eigenvalue weighted by molar-refractivity contribution is 1.07. The Hall–Kier alpha value is -7.41. The lowest BCUT2D eigenvalue weighted by Gasteiger charge is -2.12. The van der Waals surface area contributed by atoms with Crippen molar-refractivity contribution >= 4 is 75.1 Å². The summed E-state index contributed by atoms with van der Waals surface area (Å²) in [5, 5.41) is 7.61. The predicted molar refractivity (Wildman–Crippen MR) is 238 cm³/mol. The highest BCUT2D eigenvalue weighted by Gasteiger charge is 2.20. The van der Waals surface area contributed by atoms with Crippen molar-refractivity contribution in [1.29, 1.82) is 0 Å². The van der Waals surface area contributed by atoms with Crippen molar-refractivity contribution in [2.24, 2.45) is 0 Å². The Kier molecular flexibility index (Phi) is 7.03. The van der Waals surface area contributed by atoms with Crippen molar-refractivity contribution in [3.8, 4) is 45.5 Å². The van der Waals surface area contributed by atoms with Crippen molar-refractivity contribution in [3.63, 3.8) is 0 Å². The van der Waals surface area contributed by atoms with Crippen molar-refractivity contribution < 1.29 is 0 Å². The van der Waals surface area contributed by atoms with Gasteiger partial charge in [0, 0.05) is 69.8 Å². The van der Waals surface area contributed by atoms with Gasteiger partial charge in [-0.2, -0.15) is 0 Å². The van der Waals surface area contributed by atoms with Crippen LogP contribution in [0, 0.1) is 0 Å². The number of hydrogen-bond donors (Lipinski definition) is 0. The Bertz CT molecular complexity index is 3470. The summed E-state index contributed by atoms with van der Waals surface area (Å²) in [7, 11) is 0. The maximum absolute atomic E-state index is 5.03. The molecule has 0 spiro atoms. The summed E-state index contributed by atoms with van der Waals surface area (Å²) >= 11 is 1.89. The molecule has 4 heterocycles. The first kappa shape index (κ1) is 31.9. The first-order chi connectivity index (χ1) is 28.3. The highest BCUT2D eigenvalue weighted by Crippen LogP contribution is 2.44. The highest BCUT2D eigenvalue weighted by molar-refractivity contribution is 7.26. The van der Waals surface area contributed by atoms with Crippen LogP contribution < -0.4 is 0 Å². The van der Waals surface area contributed by atoms with Gasteiger partial charge in [-0.1, -0.05) is 133 Å². The molecule has 5 nitrogen and oxygen atoms in total. The second-order valence-corrected chi connectivity index (χ2v) is 15.5. The van der Waals surface area contributed by atoms with E-state index in [4.69, 9.17) is 15.0 Å². The first-order valence-corrected chi connectivity index (χ1v) is 19.9. The number of hydrogen-bond acceptors (Lipinski definition) is 4. The number of aromatic nitrogens is 5. The first-order valence-electron chi connectivity index (χ1n) is 19.1. The summed E-state index contributed by atoms with van der Waals surface area (Å²) < 4.78 is 7.46. The number of rotatable bonds is 5. The molecule has 0 aliphatic carbocycles. The molecule has 0 N–H and O–H groups in total. The Balaban J connectivity index is 1.04. The van der Waals surface area contributed by atoms with E-state index in [-0.39, 0.29) is 0 Å². The van der Waals surface area contributed by atoms with E-state index in [2.05, 4.69) is 137 Å². The van der Waals surface area contributed by atoms with E-state index in [0.717, 1.165) is 39.1 Å². The number of para-hydroxylation sites is 2. The topological polar surface area (TPSA) is 48.5 Å². The van der Waals surface area contributed by atoms with Crippen LogP contribution in [0.2, 0.25) is 0 Å². The molecule has 12 aromatic rings. The summed E-state index contributed by atoms with van der Waals surface area (Å²) in [6.45, 7) is 0. The maximum atomic E-state index is 5.03. The largest absolute Gasteiger partial charge is 0.309 e. The predicted octanol–water partition coefficient (Wildman–Crippen LogP) is 13.4. The summed E-state index contributed by atoms with van der Waals surface area (Å²) in [5.41, 5.74) is 9.69. The molecular weight excluding hydrogens is 715 g/mol. The van der Waals surface area contributed by atoms with Crippen LogP contribution in [0.5, 0.6) is 0 Å². The van der Waals surface area contributed by atoms with Crippen molar-refractivity contribution in [3.05, 3.63) is 188 Å². The molecule has 0 saturated heterocycles. The van der Waals surface area contributed by atoms with Gasteiger partial charge < -0.3 is 9.13 Å². The van der Waals surface area contributed by atoms with Crippen LogP contribution >= 0.6 is 11.3 Å². The van der Waals surface area contributed by atoms with Crippen LogP contribution in [0.1, 0.15) is 0 Å². The average Bonchev–Trinajstić information content (AvgIpc) is 3.94. The second kappa shape index (κ2) is 12.6. The molecule has 0 unspecified atom stereocenters. The van der Waals surface area contributed by atoms with Crippen molar-refractivity contribution in [2.45, 2.75) is 0 Å². The van der Waals surface area contributed by atoms with E-state index in [0.29, 0.717) is 17.5 Å². The number of fused-ring (bicyclic) bond motifs is 10. The van der Waals surface area contributed by atoms with E-state index in [1.165, 1.54) is 52.8 Å². The van der Waals surface area contributed by atoms with Gasteiger partial charge >= 0.3 is 0 Å². The lowest BCUT2D eigenvalue weighted by atomic mass is 10.1. The van der Waals surface area contributed by atoms with Crippen LogP contribution in [0.15, 0.2) is 188 Å². The molecule has 8 aromatic carbocycles. The SMILES string of the molecule is c1ccc(-c2nc(-c3ccccc3)nc(-c3cccc(-n4c5ccccc5c5cc(-n6c7ccccc7c7c8sc9ccccc9c8ccc76)ccc54)c3)n2)cc1. The van der Waals surface area contributed by atoms with Gasteiger partial charge in [0.05, 0.1) is 22.1 Å². The minimum atomic E-state index is 0.631. The summed E-state index contributed by atoms with van der Waals surface area (Å²) in [4.78, 5) is 15.0. The van der Waals surface area contributed by atoms with Gasteiger partial charge in [-0.25, -0.2) is 15.0 Å². The molecule has 0 aliphatic rings. The Morgan fingerprint density at radius 1 is 0.333 bits per heavy atom. The van der Waals surface area contributed by atoms with Gasteiger partial charge in [0.15, 0.2) is 17.5 Å². The van der Waals surface area contributed by atoms with Crippen LogP contribution in [0.4, 0.5) is 0 Å². The fourth-order valence-electron chi connectivity index (χ4n) is 8.61. The minimum absolute atomic E-state index is 0.631. The van der Waals surface area contributed by atoms with Gasteiger partial charge in [0.1, 0.15) is 0 Å². The van der Waals surface area contributed by atoms with Gasteiger partial charge in [-0.05, 0) is 54.6 Å². The molecule has 0 amide bonds. The molecule has 0 radical (unpaired) electrons. The fourth-order valence-corrected chi connectivity index (χ4v) is 9.87. The summed E-state index contributed by atoms with van der Waals surface area (Å²) in [6.07, 6.45) is 0. The minimum Gasteiger partial charge on any atom is -0.309 e. The number of benzene rings is 8. The van der Waals surface area contributed by atoms with Gasteiger partial charge in [0.25, 0.3) is 0 Å². The molecule has 4 aromatic heterocycles. The van der Waals surface area contributed by atoms with Gasteiger partial charge in [0.2, 0.25) is 0 Å². The second-order valence-electron chi connectivity index (χ2n) is 14.4. The van der Waals surface area contributed by atoms with E-state index < -0.39 is 0 Å². The smallest absolute Gasteiger partial charge is 0.164 e. The monoisotopic (exact) mass is 745 g/mol. The molecule has 0 saturated carbocycles. The van der Waals surface area contributed by atoms with Gasteiger partial charge in [-0.3, -0.25) is 0 Å². The van der Waals surface area contributed by atoms with E-state index in [1.54, 1.807) is 0 Å². The molecule has 12 rings (SSSR count). The Morgan fingerprint density at radius 3 is 1.60 bits per heavy atom. The van der Waals surface area contributed by atoms with Crippen molar-refractivity contribution in [1.82, 2.24) is 24.1 Å². The third kappa shape index (κ3) is 4.98. The van der Waals surface area contributed by atoms with E-state index in [9.17, 15) is 0 Å². The van der Waals surface area contributed by atoms with E-state index >= 15 is 0 Å². The summed E-state index contributed by atoms with van der Waals surface area (Å²) in [5.74, 6) is 1.92. The number of thiophene rings is 1. The average molecular weight is 746 g/mol. The molecule has 0 bridgehead atoms. The zero-order valence-corrected chi connectivity index (χ0v) is 31.4. The fraction of sp³-hybridized carbons (Fsp3) is 0. The van der Waals surface area contributed by atoms with E-state index in [1.807, 2.05) is 72.0 Å². The Morgan fingerprint density at radius 2 is 0.860 bits per heavy atom. The zero-order valence-electron chi connectivity index (χ0n) is 30.5.